The van der Waals surface area contributed by atoms with Crippen molar-refractivity contribution in [2.24, 2.45) is 0 Å². The fraction of sp³-hybridized carbons (Fsp3) is 0.364. The Kier molecular flexibility index (Phi) is 5.57. The number of rotatable bonds is 5. The Morgan fingerprint density at radius 1 is 1.14 bits per heavy atom. The molecule has 4 rings (SSSR count). The molecule has 146 valence electrons. The van der Waals surface area contributed by atoms with Crippen molar-refractivity contribution in [3.63, 3.8) is 0 Å². The number of thioether (sulfide) groups is 1. The first-order chi connectivity index (χ1) is 13.6. The van der Waals surface area contributed by atoms with Crippen LogP contribution in [0.5, 0.6) is 0 Å². The van der Waals surface area contributed by atoms with E-state index in [9.17, 15) is 9.59 Å². The van der Waals surface area contributed by atoms with E-state index in [2.05, 4.69) is 41.5 Å². The molecule has 0 aromatic heterocycles. The normalized spacial score (nSPS) is 18.5. The van der Waals surface area contributed by atoms with E-state index < -0.39 is 0 Å². The average Bonchev–Trinajstić information content (AvgIpc) is 2.73. The largest absolute Gasteiger partial charge is 0.374 e. The highest BCUT2D eigenvalue weighted by Gasteiger charge is 2.26. The standard InChI is InChI=1S/C22H25N3O2S/c1-24-12-10-16(17-6-2-3-7-18(17)24)14-23-21(26)11-13-25-19-8-4-5-9-20(19)28-15-22(25)27/h2-9,16H,10-15H2,1H3,(H,23,26)/t16-/m1/s1. The lowest BCUT2D eigenvalue weighted by Crippen LogP contribution is -2.39. The van der Waals surface area contributed by atoms with Crippen molar-refractivity contribution >= 4 is 35.0 Å². The van der Waals surface area contributed by atoms with Gasteiger partial charge in [0.2, 0.25) is 11.8 Å². The number of carbonyl (C=O) groups is 2. The number of hydrogen-bond acceptors (Lipinski definition) is 4. The van der Waals surface area contributed by atoms with Crippen molar-refractivity contribution in [2.45, 2.75) is 23.7 Å². The maximum absolute atomic E-state index is 12.5. The third kappa shape index (κ3) is 3.87. The van der Waals surface area contributed by atoms with Crippen LogP contribution in [0, 0.1) is 0 Å². The molecule has 0 unspecified atom stereocenters. The van der Waals surface area contributed by atoms with E-state index in [1.54, 1.807) is 16.7 Å². The van der Waals surface area contributed by atoms with Crippen LogP contribution in [0.1, 0.15) is 24.3 Å². The van der Waals surface area contributed by atoms with Gasteiger partial charge in [0, 0.05) is 49.6 Å². The Morgan fingerprint density at radius 2 is 1.89 bits per heavy atom. The maximum atomic E-state index is 12.5. The predicted octanol–water partition coefficient (Wildman–Crippen LogP) is 3.26. The third-order valence-corrected chi connectivity index (χ3v) is 6.56. The summed E-state index contributed by atoms with van der Waals surface area (Å²) in [6.07, 6.45) is 1.35. The Bertz CT molecular complexity index is 886. The molecule has 0 saturated carbocycles. The fourth-order valence-electron chi connectivity index (χ4n) is 3.96. The summed E-state index contributed by atoms with van der Waals surface area (Å²) in [7, 11) is 2.11. The van der Waals surface area contributed by atoms with E-state index in [0.717, 1.165) is 23.5 Å². The molecule has 2 amide bonds. The zero-order valence-electron chi connectivity index (χ0n) is 16.1. The SMILES string of the molecule is CN1CC[C@H](CNC(=O)CCN2C(=O)CSc3ccccc32)c2ccccc21. The molecule has 2 heterocycles. The molecule has 0 aliphatic carbocycles. The summed E-state index contributed by atoms with van der Waals surface area (Å²) in [4.78, 5) is 29.9. The van der Waals surface area contributed by atoms with Crippen LogP contribution in [0.25, 0.3) is 0 Å². The number of para-hydroxylation sites is 2. The lowest BCUT2D eigenvalue weighted by atomic mass is 9.90. The number of anilines is 2. The first-order valence-corrected chi connectivity index (χ1v) is 10.7. The Morgan fingerprint density at radius 3 is 2.75 bits per heavy atom. The Balaban J connectivity index is 1.34. The molecular weight excluding hydrogens is 370 g/mol. The first-order valence-electron chi connectivity index (χ1n) is 9.72. The van der Waals surface area contributed by atoms with Gasteiger partial charge in [0.25, 0.3) is 0 Å². The van der Waals surface area contributed by atoms with Gasteiger partial charge in [-0.15, -0.1) is 11.8 Å². The molecule has 28 heavy (non-hydrogen) atoms. The highest BCUT2D eigenvalue weighted by Crippen LogP contribution is 2.35. The van der Waals surface area contributed by atoms with Gasteiger partial charge in [-0.2, -0.15) is 0 Å². The first kappa shape index (κ1) is 18.9. The highest BCUT2D eigenvalue weighted by molar-refractivity contribution is 8.00. The van der Waals surface area contributed by atoms with Gasteiger partial charge in [0.05, 0.1) is 11.4 Å². The summed E-state index contributed by atoms with van der Waals surface area (Å²) in [5, 5.41) is 3.09. The number of nitrogens with one attached hydrogen (secondary N) is 1. The lowest BCUT2D eigenvalue weighted by molar-refractivity contribution is -0.121. The van der Waals surface area contributed by atoms with Gasteiger partial charge in [0.15, 0.2) is 0 Å². The topological polar surface area (TPSA) is 52.7 Å². The van der Waals surface area contributed by atoms with Gasteiger partial charge in [-0.05, 0) is 30.2 Å². The van der Waals surface area contributed by atoms with Crippen LogP contribution in [-0.2, 0) is 9.59 Å². The molecule has 0 radical (unpaired) electrons. The number of hydrogen-bond donors (Lipinski definition) is 1. The number of fused-ring (bicyclic) bond motifs is 2. The number of carbonyl (C=O) groups excluding carboxylic acids is 2. The van der Waals surface area contributed by atoms with Crippen molar-refractivity contribution in [1.82, 2.24) is 5.32 Å². The minimum absolute atomic E-state index is 0.0000770. The Labute approximate surface area is 170 Å². The molecule has 6 heteroatoms. The molecule has 2 aromatic rings. The van der Waals surface area contributed by atoms with Crippen LogP contribution in [-0.4, -0.2) is 44.2 Å². The molecule has 0 fully saturated rings. The van der Waals surface area contributed by atoms with E-state index in [-0.39, 0.29) is 11.8 Å². The number of benzene rings is 2. The van der Waals surface area contributed by atoms with Crippen LogP contribution in [0.2, 0.25) is 0 Å². The van der Waals surface area contributed by atoms with Crippen molar-refractivity contribution in [2.75, 3.05) is 42.2 Å². The quantitative estimate of drug-likeness (QED) is 0.844. The second kappa shape index (κ2) is 8.27. The van der Waals surface area contributed by atoms with Crippen molar-refractivity contribution < 1.29 is 9.59 Å². The van der Waals surface area contributed by atoms with E-state index in [1.807, 2.05) is 24.3 Å². The van der Waals surface area contributed by atoms with E-state index in [4.69, 9.17) is 0 Å². The predicted molar refractivity (Wildman–Crippen MR) is 114 cm³/mol. The maximum Gasteiger partial charge on any atom is 0.237 e. The number of nitrogens with zero attached hydrogens (tertiary/aromatic N) is 2. The molecule has 2 aliphatic rings. The molecular formula is C22H25N3O2S. The van der Waals surface area contributed by atoms with Crippen molar-refractivity contribution in [3.05, 3.63) is 54.1 Å². The van der Waals surface area contributed by atoms with Crippen LogP contribution < -0.4 is 15.1 Å². The molecule has 2 aromatic carbocycles. The zero-order valence-corrected chi connectivity index (χ0v) is 16.9. The summed E-state index contributed by atoms with van der Waals surface area (Å²) in [5.41, 5.74) is 3.47. The van der Waals surface area contributed by atoms with Gasteiger partial charge >= 0.3 is 0 Å². The van der Waals surface area contributed by atoms with E-state index in [0.29, 0.717) is 31.2 Å². The summed E-state index contributed by atoms with van der Waals surface area (Å²) in [6.45, 7) is 2.06. The van der Waals surface area contributed by atoms with Crippen LogP contribution in [0.3, 0.4) is 0 Å². The second-order valence-corrected chi connectivity index (χ2v) is 8.34. The monoisotopic (exact) mass is 395 g/mol. The van der Waals surface area contributed by atoms with Crippen molar-refractivity contribution in [1.29, 1.82) is 0 Å². The summed E-state index contributed by atoms with van der Waals surface area (Å²) in [5.74, 6) is 0.844. The minimum Gasteiger partial charge on any atom is -0.374 e. The zero-order chi connectivity index (χ0) is 19.5. The summed E-state index contributed by atoms with van der Waals surface area (Å²) < 4.78 is 0. The van der Waals surface area contributed by atoms with Gasteiger partial charge < -0.3 is 15.1 Å². The molecule has 1 N–H and O–H groups in total. The molecule has 2 aliphatic heterocycles. The molecule has 0 bridgehead atoms. The van der Waals surface area contributed by atoms with Gasteiger partial charge in [-0.1, -0.05) is 30.3 Å². The van der Waals surface area contributed by atoms with Crippen LogP contribution in [0.15, 0.2) is 53.4 Å². The molecule has 0 saturated heterocycles. The molecule has 1 atom stereocenters. The van der Waals surface area contributed by atoms with Gasteiger partial charge in [0.1, 0.15) is 0 Å². The van der Waals surface area contributed by atoms with E-state index >= 15 is 0 Å². The van der Waals surface area contributed by atoms with Gasteiger partial charge in [-0.25, -0.2) is 0 Å². The van der Waals surface area contributed by atoms with Crippen LogP contribution in [0.4, 0.5) is 11.4 Å². The van der Waals surface area contributed by atoms with Gasteiger partial charge in [-0.3, -0.25) is 9.59 Å². The smallest absolute Gasteiger partial charge is 0.237 e. The average molecular weight is 396 g/mol. The summed E-state index contributed by atoms with van der Waals surface area (Å²) in [6, 6.07) is 16.3. The Hall–Kier alpha value is -2.47. The van der Waals surface area contributed by atoms with Crippen molar-refractivity contribution in [3.8, 4) is 0 Å². The van der Waals surface area contributed by atoms with Crippen LogP contribution >= 0.6 is 11.8 Å². The number of amides is 2. The molecule has 5 nitrogen and oxygen atoms in total. The highest BCUT2D eigenvalue weighted by atomic mass is 32.2. The lowest BCUT2D eigenvalue weighted by Gasteiger charge is -2.33. The summed E-state index contributed by atoms with van der Waals surface area (Å²) >= 11 is 1.56. The molecule has 0 spiro atoms. The minimum atomic E-state index is -0.0000770. The third-order valence-electron chi connectivity index (χ3n) is 5.52. The second-order valence-electron chi connectivity index (χ2n) is 7.32. The van der Waals surface area contributed by atoms with E-state index in [1.165, 1.54) is 11.3 Å². The fourth-order valence-corrected chi connectivity index (χ4v) is 4.89.